The van der Waals surface area contributed by atoms with E-state index in [9.17, 15) is 8.42 Å². The third-order valence-electron chi connectivity index (χ3n) is 7.63. The summed E-state index contributed by atoms with van der Waals surface area (Å²) >= 11 is 6.11. The molecule has 2 heterocycles. The van der Waals surface area contributed by atoms with Gasteiger partial charge in [-0.3, -0.25) is 9.71 Å². The van der Waals surface area contributed by atoms with Crippen molar-refractivity contribution < 1.29 is 13.2 Å². The molecule has 2 aromatic carbocycles. The summed E-state index contributed by atoms with van der Waals surface area (Å²) in [5.41, 5.74) is 3.65. The fraction of sp³-hybridized carbons (Fsp3) is 0.367. The maximum absolute atomic E-state index is 12.9. The maximum atomic E-state index is 12.9. The number of halogens is 1. The minimum Gasteiger partial charge on any atom is -0.494 e. The topological polar surface area (TPSA) is 109 Å². The molecular weight excluding hydrogens is 560 g/mol. The zero-order valence-corrected chi connectivity index (χ0v) is 25.3. The smallest absolute Gasteiger partial charge is 0.263 e. The van der Waals surface area contributed by atoms with Gasteiger partial charge in [-0.1, -0.05) is 30.7 Å². The Morgan fingerprint density at radius 1 is 1.05 bits per heavy atom. The van der Waals surface area contributed by atoms with Crippen molar-refractivity contribution in [1.29, 1.82) is 0 Å². The number of aromatic nitrogens is 3. The van der Waals surface area contributed by atoms with Crippen molar-refractivity contribution in [2.24, 2.45) is 0 Å². The number of benzene rings is 2. The molecule has 1 aliphatic rings. The van der Waals surface area contributed by atoms with Gasteiger partial charge in [0.2, 0.25) is 5.95 Å². The monoisotopic (exact) mass is 594 g/mol. The van der Waals surface area contributed by atoms with Crippen LogP contribution in [0.1, 0.15) is 38.2 Å². The molecule has 2 aromatic heterocycles. The summed E-state index contributed by atoms with van der Waals surface area (Å²) in [5.74, 6) is 1.08. The van der Waals surface area contributed by atoms with Crippen molar-refractivity contribution in [2.45, 2.75) is 56.0 Å². The zero-order chi connectivity index (χ0) is 29.1. The lowest BCUT2D eigenvalue weighted by molar-refractivity contribution is 0.221. The van der Waals surface area contributed by atoms with Crippen LogP contribution in [0.3, 0.4) is 0 Å². The second-order valence-corrected chi connectivity index (χ2v) is 12.6. The van der Waals surface area contributed by atoms with Crippen LogP contribution in [0.25, 0.3) is 22.2 Å². The summed E-state index contributed by atoms with van der Waals surface area (Å²) < 4.78 is 34.0. The number of ether oxygens (including phenoxy) is 1. The van der Waals surface area contributed by atoms with E-state index in [4.69, 9.17) is 21.3 Å². The molecule has 5 rings (SSSR count). The molecule has 1 fully saturated rings. The lowest BCUT2D eigenvalue weighted by Gasteiger charge is -2.32. The van der Waals surface area contributed by atoms with Gasteiger partial charge in [0, 0.05) is 35.3 Å². The largest absolute Gasteiger partial charge is 0.494 e. The second-order valence-electron chi connectivity index (χ2n) is 10.5. The van der Waals surface area contributed by atoms with Crippen LogP contribution < -0.4 is 14.8 Å². The summed E-state index contributed by atoms with van der Waals surface area (Å²) in [6.07, 6.45) is 8.61. The van der Waals surface area contributed by atoms with Crippen molar-refractivity contribution in [1.82, 2.24) is 19.9 Å². The average Bonchev–Trinajstić information content (AvgIpc) is 2.96. The lowest BCUT2D eigenvalue weighted by Crippen LogP contribution is -2.36. The molecule has 9 nitrogen and oxygen atoms in total. The highest BCUT2D eigenvalue weighted by Gasteiger charge is 2.23. The second kappa shape index (κ2) is 12.2. The molecule has 0 spiro atoms. The molecule has 1 saturated carbocycles. The van der Waals surface area contributed by atoms with Gasteiger partial charge < -0.3 is 15.0 Å². The number of sulfonamides is 1. The van der Waals surface area contributed by atoms with Crippen molar-refractivity contribution in [3.8, 4) is 17.0 Å². The normalized spacial score (nSPS) is 17.5. The highest BCUT2D eigenvalue weighted by atomic mass is 35.5. The van der Waals surface area contributed by atoms with Crippen LogP contribution in [0.15, 0.2) is 59.8 Å². The van der Waals surface area contributed by atoms with E-state index in [0.717, 1.165) is 54.1 Å². The molecule has 0 bridgehead atoms. The Bertz CT molecular complexity index is 1660. The zero-order valence-electron chi connectivity index (χ0n) is 23.7. The van der Waals surface area contributed by atoms with Crippen LogP contribution in [0.4, 0.5) is 11.6 Å². The van der Waals surface area contributed by atoms with E-state index in [1.54, 1.807) is 18.2 Å². The fourth-order valence-corrected chi connectivity index (χ4v) is 6.91. The molecule has 11 heteroatoms. The first kappa shape index (κ1) is 29.0. The standard InChI is InChI=1S/C30H35ClN6O3S/c1-5-19-14-20(15-21-17-33-30(35-28(19)21)34-22-10-12-24(13-11-22)37(2)3)29-26(40-4)16-23(18-32-29)36-41(38,39)27-9-7-6-8-25(27)31/h6-9,14-18,22,24,36H,5,10-13H2,1-4H3,(H,33,34,35)/t22-,24-. The molecule has 41 heavy (non-hydrogen) atoms. The molecule has 0 unspecified atom stereocenters. The van der Waals surface area contributed by atoms with Gasteiger partial charge in [-0.15, -0.1) is 0 Å². The number of anilines is 2. The third-order valence-corrected chi connectivity index (χ3v) is 9.51. The Morgan fingerprint density at radius 2 is 1.80 bits per heavy atom. The van der Waals surface area contributed by atoms with Gasteiger partial charge >= 0.3 is 0 Å². The maximum Gasteiger partial charge on any atom is 0.263 e. The number of nitrogens with zero attached hydrogens (tertiary/aromatic N) is 4. The summed E-state index contributed by atoms with van der Waals surface area (Å²) in [4.78, 5) is 16.4. The van der Waals surface area contributed by atoms with Crippen molar-refractivity contribution in [3.63, 3.8) is 0 Å². The van der Waals surface area contributed by atoms with Gasteiger partial charge in [0.1, 0.15) is 16.3 Å². The minimum atomic E-state index is -3.91. The van der Waals surface area contributed by atoms with Gasteiger partial charge in [-0.25, -0.2) is 18.4 Å². The first-order valence-corrected chi connectivity index (χ1v) is 15.6. The first-order chi connectivity index (χ1) is 19.7. The number of aryl methyl sites for hydroxylation is 1. The highest BCUT2D eigenvalue weighted by Crippen LogP contribution is 2.35. The number of hydrogen-bond acceptors (Lipinski definition) is 8. The number of rotatable bonds is 9. The molecule has 0 atom stereocenters. The first-order valence-electron chi connectivity index (χ1n) is 13.7. The molecule has 4 aromatic rings. The van der Waals surface area contributed by atoms with Crippen molar-refractivity contribution in [2.75, 3.05) is 31.2 Å². The Labute approximate surface area is 246 Å². The average molecular weight is 595 g/mol. The van der Waals surface area contributed by atoms with Crippen LogP contribution in [-0.2, 0) is 16.4 Å². The fourth-order valence-electron chi connectivity index (χ4n) is 5.36. The van der Waals surface area contributed by atoms with E-state index < -0.39 is 10.0 Å². The third kappa shape index (κ3) is 6.39. The summed E-state index contributed by atoms with van der Waals surface area (Å²) in [6.45, 7) is 2.09. The quantitative estimate of drug-likeness (QED) is 0.243. The number of hydrogen-bond donors (Lipinski definition) is 2. The van der Waals surface area contributed by atoms with Crippen molar-refractivity contribution >= 4 is 44.2 Å². The summed E-state index contributed by atoms with van der Waals surface area (Å²) in [6, 6.07) is 12.9. The minimum absolute atomic E-state index is 0.0121. The summed E-state index contributed by atoms with van der Waals surface area (Å²) in [5, 5.41) is 4.58. The SMILES string of the molecule is CCc1cc(-c2ncc(NS(=O)(=O)c3ccccc3Cl)cc2OC)cc2cnc(N[C@H]3CC[C@H](N(C)C)CC3)nc12. The van der Waals surface area contributed by atoms with E-state index >= 15 is 0 Å². The molecule has 0 aliphatic heterocycles. The van der Waals surface area contributed by atoms with E-state index in [2.05, 4.69) is 52.0 Å². The molecular formula is C30H35ClN6O3S. The highest BCUT2D eigenvalue weighted by molar-refractivity contribution is 7.92. The molecule has 0 radical (unpaired) electrons. The lowest BCUT2D eigenvalue weighted by atomic mass is 9.90. The van der Waals surface area contributed by atoms with Crippen molar-refractivity contribution in [3.05, 3.63) is 65.4 Å². The van der Waals surface area contributed by atoms with Crippen LogP contribution in [0.2, 0.25) is 5.02 Å². The van der Waals surface area contributed by atoms with Gasteiger partial charge in [0.05, 0.1) is 29.5 Å². The number of nitrogens with one attached hydrogen (secondary N) is 2. The van der Waals surface area contributed by atoms with Crippen LogP contribution in [0.5, 0.6) is 5.75 Å². The van der Waals surface area contributed by atoms with E-state index in [0.29, 0.717) is 29.5 Å². The number of fused-ring (bicyclic) bond motifs is 1. The predicted octanol–water partition coefficient (Wildman–Crippen LogP) is 6.00. The Balaban J connectivity index is 1.40. The van der Waals surface area contributed by atoms with Crippen LogP contribution in [-0.4, -0.2) is 61.6 Å². The molecule has 1 aliphatic carbocycles. The van der Waals surface area contributed by atoms with Gasteiger partial charge in [-0.2, -0.15) is 0 Å². The molecule has 0 amide bonds. The van der Waals surface area contributed by atoms with E-state index in [-0.39, 0.29) is 15.6 Å². The Hall–Kier alpha value is -3.47. The molecule has 216 valence electrons. The van der Waals surface area contributed by atoms with Gasteiger partial charge in [0.15, 0.2) is 0 Å². The Morgan fingerprint density at radius 3 is 2.49 bits per heavy atom. The summed E-state index contributed by atoms with van der Waals surface area (Å²) in [7, 11) is 1.91. The van der Waals surface area contributed by atoms with Gasteiger partial charge in [-0.05, 0) is 76.0 Å². The van der Waals surface area contributed by atoms with E-state index in [1.165, 1.54) is 25.4 Å². The number of pyridine rings is 1. The van der Waals surface area contributed by atoms with Crippen LogP contribution in [0, 0.1) is 0 Å². The number of methoxy groups -OCH3 is 1. The predicted molar refractivity (Wildman–Crippen MR) is 164 cm³/mol. The molecule has 2 N–H and O–H groups in total. The van der Waals surface area contributed by atoms with Gasteiger partial charge in [0.25, 0.3) is 10.0 Å². The molecule has 0 saturated heterocycles. The van der Waals surface area contributed by atoms with Crippen LogP contribution >= 0.6 is 11.6 Å². The Kier molecular flexibility index (Phi) is 8.63. The van der Waals surface area contributed by atoms with E-state index in [1.807, 2.05) is 12.3 Å².